The summed E-state index contributed by atoms with van der Waals surface area (Å²) >= 11 is 0. The number of benzene rings is 1. The Morgan fingerprint density at radius 2 is 1.81 bits per heavy atom. The molecule has 1 N–H and O–H groups in total. The van der Waals surface area contributed by atoms with Gasteiger partial charge in [0.2, 0.25) is 0 Å². The molecule has 4 rings (SSSR count). The molecule has 142 valence electrons. The summed E-state index contributed by atoms with van der Waals surface area (Å²) in [7, 11) is 1.68. The van der Waals surface area contributed by atoms with E-state index in [9.17, 15) is 0 Å². The Bertz CT molecular complexity index is 857. The monoisotopic (exact) mass is 366 g/mol. The van der Waals surface area contributed by atoms with E-state index in [1.165, 1.54) is 16.8 Å². The van der Waals surface area contributed by atoms with Crippen LogP contribution in [0.15, 0.2) is 48.8 Å². The zero-order chi connectivity index (χ0) is 18.5. The first-order valence-electron chi connectivity index (χ1n) is 9.42. The highest BCUT2D eigenvalue weighted by Crippen LogP contribution is 2.23. The first-order valence-corrected chi connectivity index (χ1v) is 9.42. The van der Waals surface area contributed by atoms with Crippen LogP contribution in [0.5, 0.6) is 5.75 Å². The van der Waals surface area contributed by atoms with E-state index in [-0.39, 0.29) is 0 Å². The predicted octanol–water partition coefficient (Wildman–Crippen LogP) is 2.91. The predicted molar refractivity (Wildman–Crippen MR) is 107 cm³/mol. The van der Waals surface area contributed by atoms with Gasteiger partial charge in [-0.05, 0) is 36.4 Å². The number of H-pyrrole nitrogens is 1. The lowest BCUT2D eigenvalue weighted by Crippen LogP contribution is -2.46. The molecule has 0 aliphatic carbocycles. The fraction of sp³-hybridized carbons (Fsp3) is 0.381. The highest BCUT2D eigenvalue weighted by atomic mass is 16.5. The van der Waals surface area contributed by atoms with Crippen LogP contribution < -0.4 is 9.64 Å². The number of ether oxygens (including phenoxy) is 2. The summed E-state index contributed by atoms with van der Waals surface area (Å²) in [5.74, 6) is 0.885. The van der Waals surface area contributed by atoms with Crippen LogP contribution in [-0.2, 0) is 11.3 Å². The van der Waals surface area contributed by atoms with Crippen LogP contribution in [0.4, 0.5) is 5.69 Å². The molecule has 1 aliphatic heterocycles. The standard InChI is InChI=1S/C21H26N4O2/c1-26-12-13-27-20-2-3-21-17(15-20)14-18(23-21)16-24-8-10-25(11-9-24)19-4-6-22-7-5-19/h2-7,14-15,23H,8-13,16H2,1H3. The van der Waals surface area contributed by atoms with Gasteiger partial charge in [-0.2, -0.15) is 0 Å². The lowest BCUT2D eigenvalue weighted by Gasteiger charge is -2.35. The van der Waals surface area contributed by atoms with Gasteiger partial charge in [-0.15, -0.1) is 0 Å². The average molecular weight is 366 g/mol. The number of methoxy groups -OCH3 is 1. The largest absolute Gasteiger partial charge is 0.491 e. The van der Waals surface area contributed by atoms with Crippen molar-refractivity contribution in [3.8, 4) is 5.75 Å². The second kappa shape index (κ2) is 8.41. The average Bonchev–Trinajstić information content (AvgIpc) is 3.11. The lowest BCUT2D eigenvalue weighted by molar-refractivity contribution is 0.146. The van der Waals surface area contributed by atoms with Crippen molar-refractivity contribution in [1.29, 1.82) is 0 Å². The van der Waals surface area contributed by atoms with Crippen LogP contribution in [0.2, 0.25) is 0 Å². The summed E-state index contributed by atoms with van der Waals surface area (Å²) in [6.45, 7) is 6.32. The first-order chi connectivity index (χ1) is 13.3. The molecular weight excluding hydrogens is 340 g/mol. The number of pyridine rings is 1. The molecule has 6 heteroatoms. The molecule has 1 aromatic carbocycles. The Balaban J connectivity index is 1.35. The second-order valence-corrected chi connectivity index (χ2v) is 6.85. The Kier molecular flexibility index (Phi) is 5.55. The third-order valence-corrected chi connectivity index (χ3v) is 5.00. The highest BCUT2D eigenvalue weighted by Gasteiger charge is 2.18. The van der Waals surface area contributed by atoms with Crippen molar-refractivity contribution in [1.82, 2.24) is 14.9 Å². The van der Waals surface area contributed by atoms with Gasteiger partial charge in [0.25, 0.3) is 0 Å². The van der Waals surface area contributed by atoms with Crippen LogP contribution >= 0.6 is 0 Å². The zero-order valence-corrected chi connectivity index (χ0v) is 15.7. The molecular formula is C21H26N4O2. The van der Waals surface area contributed by atoms with Crippen molar-refractivity contribution >= 4 is 16.6 Å². The fourth-order valence-electron chi connectivity index (χ4n) is 3.55. The van der Waals surface area contributed by atoms with Crippen LogP contribution in [0, 0.1) is 0 Å². The molecule has 27 heavy (non-hydrogen) atoms. The Morgan fingerprint density at radius 3 is 2.59 bits per heavy atom. The number of piperazine rings is 1. The van der Waals surface area contributed by atoms with Crippen LogP contribution in [-0.4, -0.2) is 61.4 Å². The molecule has 3 aromatic rings. The third-order valence-electron chi connectivity index (χ3n) is 5.00. The van der Waals surface area contributed by atoms with Crippen molar-refractivity contribution in [3.63, 3.8) is 0 Å². The maximum Gasteiger partial charge on any atom is 0.120 e. The third kappa shape index (κ3) is 4.40. The van der Waals surface area contributed by atoms with Crippen molar-refractivity contribution in [2.75, 3.05) is 51.4 Å². The smallest absolute Gasteiger partial charge is 0.120 e. The fourth-order valence-corrected chi connectivity index (χ4v) is 3.55. The Hall–Kier alpha value is -2.57. The molecule has 0 radical (unpaired) electrons. The Labute approximate surface area is 159 Å². The minimum absolute atomic E-state index is 0.570. The van der Waals surface area contributed by atoms with E-state index >= 15 is 0 Å². The van der Waals surface area contributed by atoms with E-state index < -0.39 is 0 Å². The summed E-state index contributed by atoms with van der Waals surface area (Å²) in [4.78, 5) is 12.6. The number of aromatic nitrogens is 2. The number of fused-ring (bicyclic) bond motifs is 1. The maximum absolute atomic E-state index is 5.71. The summed E-state index contributed by atoms with van der Waals surface area (Å²) in [5, 5.41) is 1.19. The van der Waals surface area contributed by atoms with Gasteiger partial charge in [0.05, 0.1) is 6.61 Å². The molecule has 1 aliphatic rings. The van der Waals surface area contributed by atoms with Crippen LogP contribution in [0.1, 0.15) is 5.69 Å². The molecule has 0 amide bonds. The van der Waals surface area contributed by atoms with E-state index in [4.69, 9.17) is 9.47 Å². The molecule has 0 atom stereocenters. The molecule has 0 spiro atoms. The molecule has 6 nitrogen and oxygen atoms in total. The van der Waals surface area contributed by atoms with Gasteiger partial charge in [0.1, 0.15) is 12.4 Å². The van der Waals surface area contributed by atoms with E-state index in [1.807, 2.05) is 18.5 Å². The van der Waals surface area contributed by atoms with Crippen molar-refractivity contribution in [2.24, 2.45) is 0 Å². The van der Waals surface area contributed by atoms with E-state index in [0.29, 0.717) is 13.2 Å². The van der Waals surface area contributed by atoms with E-state index in [2.05, 4.69) is 50.1 Å². The van der Waals surface area contributed by atoms with E-state index in [0.717, 1.165) is 44.0 Å². The number of nitrogens with zero attached hydrogens (tertiary/aromatic N) is 3. The van der Waals surface area contributed by atoms with Crippen LogP contribution in [0.25, 0.3) is 10.9 Å². The topological polar surface area (TPSA) is 53.6 Å². The summed E-state index contributed by atoms with van der Waals surface area (Å²) < 4.78 is 10.7. The molecule has 1 saturated heterocycles. The van der Waals surface area contributed by atoms with E-state index in [1.54, 1.807) is 7.11 Å². The molecule has 3 heterocycles. The quantitative estimate of drug-likeness (QED) is 0.652. The van der Waals surface area contributed by atoms with Gasteiger partial charge in [0, 0.05) is 74.5 Å². The van der Waals surface area contributed by atoms with Gasteiger partial charge in [-0.25, -0.2) is 0 Å². The number of hydrogen-bond acceptors (Lipinski definition) is 5. The number of anilines is 1. The van der Waals surface area contributed by atoms with Gasteiger partial charge >= 0.3 is 0 Å². The van der Waals surface area contributed by atoms with Gasteiger partial charge in [-0.1, -0.05) is 0 Å². The Morgan fingerprint density at radius 1 is 1.00 bits per heavy atom. The lowest BCUT2D eigenvalue weighted by atomic mass is 10.2. The summed E-state index contributed by atoms with van der Waals surface area (Å²) in [6.07, 6.45) is 3.72. The van der Waals surface area contributed by atoms with Gasteiger partial charge < -0.3 is 19.4 Å². The van der Waals surface area contributed by atoms with Crippen LogP contribution in [0.3, 0.4) is 0 Å². The number of rotatable bonds is 7. The normalized spacial score (nSPS) is 15.4. The van der Waals surface area contributed by atoms with Gasteiger partial charge in [-0.3, -0.25) is 9.88 Å². The molecule has 1 fully saturated rings. The molecule has 2 aromatic heterocycles. The number of nitrogens with one attached hydrogen (secondary N) is 1. The number of hydrogen-bond donors (Lipinski definition) is 1. The number of aromatic amines is 1. The first kappa shape index (κ1) is 17.8. The van der Waals surface area contributed by atoms with Crippen molar-refractivity contribution in [2.45, 2.75) is 6.54 Å². The van der Waals surface area contributed by atoms with Gasteiger partial charge in [0.15, 0.2) is 0 Å². The molecule has 0 saturated carbocycles. The maximum atomic E-state index is 5.71. The highest BCUT2D eigenvalue weighted by molar-refractivity contribution is 5.81. The van der Waals surface area contributed by atoms with Crippen molar-refractivity contribution in [3.05, 3.63) is 54.5 Å². The van der Waals surface area contributed by atoms with Crippen molar-refractivity contribution < 1.29 is 9.47 Å². The summed E-state index contributed by atoms with van der Waals surface area (Å²) in [5.41, 5.74) is 3.66. The molecule has 0 unspecified atom stereocenters. The molecule has 0 bridgehead atoms. The minimum atomic E-state index is 0.570. The second-order valence-electron chi connectivity index (χ2n) is 6.85. The summed E-state index contributed by atoms with van der Waals surface area (Å²) in [6, 6.07) is 12.6. The minimum Gasteiger partial charge on any atom is -0.491 e. The zero-order valence-electron chi connectivity index (χ0n) is 15.7. The SMILES string of the molecule is COCCOc1ccc2[nH]c(CN3CCN(c4ccncc4)CC3)cc2c1.